The predicted molar refractivity (Wildman–Crippen MR) is 79.2 cm³/mol. The minimum Gasteiger partial charge on any atom is -0.328 e. The summed E-state index contributed by atoms with van der Waals surface area (Å²) in [5.41, 5.74) is 1.21. The fraction of sp³-hybridized carbons (Fsp3) is 0.267. The van der Waals surface area contributed by atoms with Crippen LogP contribution in [0.2, 0.25) is 0 Å². The third-order valence-corrected chi connectivity index (χ3v) is 3.92. The predicted octanol–water partition coefficient (Wildman–Crippen LogP) is 1.55. The van der Waals surface area contributed by atoms with Crippen molar-refractivity contribution >= 4 is 5.91 Å². The molecule has 0 N–H and O–H groups in total. The second-order valence-electron chi connectivity index (χ2n) is 5.50. The SMILES string of the molecule is C[C@H]1CN(C(=O)c2cnon2)Cc2nnc(-c3ccccc3)n21. The van der Waals surface area contributed by atoms with E-state index in [-0.39, 0.29) is 17.6 Å². The van der Waals surface area contributed by atoms with Gasteiger partial charge in [0, 0.05) is 12.1 Å². The highest BCUT2D eigenvalue weighted by Crippen LogP contribution is 2.27. The molecule has 116 valence electrons. The largest absolute Gasteiger partial charge is 0.328 e. The van der Waals surface area contributed by atoms with Gasteiger partial charge in [-0.15, -0.1) is 10.2 Å². The number of aromatic nitrogens is 5. The fourth-order valence-electron chi connectivity index (χ4n) is 2.89. The molecule has 8 nitrogen and oxygen atoms in total. The molecule has 1 aromatic carbocycles. The number of rotatable bonds is 2. The topological polar surface area (TPSA) is 89.9 Å². The van der Waals surface area contributed by atoms with Crippen LogP contribution in [-0.2, 0) is 6.54 Å². The molecular formula is C15H14N6O2. The number of hydrogen-bond donors (Lipinski definition) is 0. The van der Waals surface area contributed by atoms with Gasteiger partial charge >= 0.3 is 0 Å². The minimum absolute atomic E-state index is 0.0627. The van der Waals surface area contributed by atoms with Gasteiger partial charge in [-0.1, -0.05) is 35.5 Å². The van der Waals surface area contributed by atoms with Gasteiger partial charge < -0.3 is 9.47 Å². The molecule has 1 amide bonds. The van der Waals surface area contributed by atoms with Gasteiger partial charge in [-0.3, -0.25) is 4.79 Å². The number of fused-ring (bicyclic) bond motifs is 1. The zero-order chi connectivity index (χ0) is 15.8. The number of amides is 1. The summed E-state index contributed by atoms with van der Waals surface area (Å²) in [4.78, 5) is 14.1. The van der Waals surface area contributed by atoms with E-state index in [9.17, 15) is 4.79 Å². The first-order valence-corrected chi connectivity index (χ1v) is 7.30. The van der Waals surface area contributed by atoms with Crippen molar-refractivity contribution in [3.05, 3.63) is 48.0 Å². The molecule has 0 bridgehead atoms. The molecule has 0 saturated carbocycles. The van der Waals surface area contributed by atoms with Gasteiger partial charge in [-0.25, -0.2) is 4.63 Å². The Labute approximate surface area is 131 Å². The summed E-state index contributed by atoms with van der Waals surface area (Å²) >= 11 is 0. The lowest BCUT2D eigenvalue weighted by molar-refractivity contribution is 0.0671. The first kappa shape index (κ1) is 13.6. The van der Waals surface area contributed by atoms with Crippen LogP contribution >= 0.6 is 0 Å². The van der Waals surface area contributed by atoms with E-state index in [2.05, 4.69) is 29.7 Å². The van der Waals surface area contributed by atoms with E-state index < -0.39 is 0 Å². The molecule has 0 saturated heterocycles. The normalized spacial score (nSPS) is 17.1. The van der Waals surface area contributed by atoms with Gasteiger partial charge in [-0.05, 0) is 12.1 Å². The molecule has 0 unspecified atom stereocenters. The molecule has 1 atom stereocenters. The van der Waals surface area contributed by atoms with Crippen molar-refractivity contribution in [3.8, 4) is 11.4 Å². The van der Waals surface area contributed by atoms with Crippen LogP contribution < -0.4 is 0 Å². The zero-order valence-corrected chi connectivity index (χ0v) is 12.5. The van der Waals surface area contributed by atoms with Crippen LogP contribution in [-0.4, -0.2) is 42.4 Å². The van der Waals surface area contributed by atoms with Crippen molar-refractivity contribution in [2.45, 2.75) is 19.5 Å². The first-order chi connectivity index (χ1) is 11.2. The third-order valence-electron chi connectivity index (χ3n) is 3.92. The smallest absolute Gasteiger partial charge is 0.278 e. The van der Waals surface area contributed by atoms with E-state index in [1.54, 1.807) is 4.90 Å². The van der Waals surface area contributed by atoms with Crippen LogP contribution in [0.5, 0.6) is 0 Å². The van der Waals surface area contributed by atoms with Gasteiger partial charge in [0.25, 0.3) is 5.91 Å². The molecule has 8 heteroatoms. The van der Waals surface area contributed by atoms with Crippen LogP contribution in [0.25, 0.3) is 11.4 Å². The quantitative estimate of drug-likeness (QED) is 0.713. The Morgan fingerprint density at radius 2 is 2.09 bits per heavy atom. The van der Waals surface area contributed by atoms with Gasteiger partial charge in [0.2, 0.25) is 0 Å². The van der Waals surface area contributed by atoms with Crippen LogP contribution in [0, 0.1) is 0 Å². The van der Waals surface area contributed by atoms with Crippen LogP contribution in [0.1, 0.15) is 29.3 Å². The Hall–Kier alpha value is -3.03. The molecule has 3 heterocycles. The van der Waals surface area contributed by atoms with Crippen LogP contribution in [0.15, 0.2) is 41.2 Å². The average Bonchev–Trinajstić information content (AvgIpc) is 3.24. The fourth-order valence-corrected chi connectivity index (χ4v) is 2.89. The highest BCUT2D eigenvalue weighted by atomic mass is 16.6. The lowest BCUT2D eigenvalue weighted by Crippen LogP contribution is -2.40. The molecule has 0 radical (unpaired) electrons. The summed E-state index contributed by atoms with van der Waals surface area (Å²) in [5, 5.41) is 15.6. The number of hydrogen-bond acceptors (Lipinski definition) is 6. The molecule has 0 aliphatic carbocycles. The van der Waals surface area contributed by atoms with Crippen molar-refractivity contribution in [2.75, 3.05) is 6.54 Å². The molecule has 23 heavy (non-hydrogen) atoms. The number of carbonyl (C=O) groups excluding carboxylic acids is 1. The molecule has 0 fully saturated rings. The van der Waals surface area contributed by atoms with Crippen molar-refractivity contribution in [1.82, 2.24) is 30.0 Å². The maximum absolute atomic E-state index is 12.4. The minimum atomic E-state index is -0.214. The first-order valence-electron chi connectivity index (χ1n) is 7.30. The summed E-state index contributed by atoms with van der Waals surface area (Å²) in [7, 11) is 0. The van der Waals surface area contributed by atoms with E-state index in [4.69, 9.17) is 0 Å². The van der Waals surface area contributed by atoms with Crippen LogP contribution in [0.3, 0.4) is 0 Å². The molecule has 2 aromatic heterocycles. The van der Waals surface area contributed by atoms with Crippen molar-refractivity contribution < 1.29 is 9.42 Å². The summed E-state index contributed by atoms with van der Waals surface area (Å²) < 4.78 is 6.59. The molecule has 3 aromatic rings. The molecule has 1 aliphatic heterocycles. The van der Waals surface area contributed by atoms with E-state index >= 15 is 0 Å². The lowest BCUT2D eigenvalue weighted by Gasteiger charge is -2.32. The lowest BCUT2D eigenvalue weighted by atomic mass is 10.1. The number of nitrogens with zero attached hydrogens (tertiary/aromatic N) is 6. The van der Waals surface area contributed by atoms with Gasteiger partial charge in [-0.2, -0.15) is 0 Å². The van der Waals surface area contributed by atoms with Gasteiger partial charge in [0.05, 0.1) is 12.6 Å². The Morgan fingerprint density at radius 1 is 1.26 bits per heavy atom. The molecule has 0 spiro atoms. The summed E-state index contributed by atoms with van der Waals surface area (Å²) in [5.74, 6) is 1.37. The Kier molecular flexibility index (Phi) is 3.14. The van der Waals surface area contributed by atoms with E-state index in [1.165, 1.54) is 6.20 Å². The zero-order valence-electron chi connectivity index (χ0n) is 12.5. The van der Waals surface area contributed by atoms with Gasteiger partial charge in [0.1, 0.15) is 6.20 Å². The third kappa shape index (κ3) is 2.28. The standard InChI is InChI=1S/C15H14N6O2/c1-10-8-20(15(22)12-7-16-23-19-12)9-13-17-18-14(21(10)13)11-5-3-2-4-6-11/h2-7,10H,8-9H2,1H3/t10-/m0/s1. The van der Waals surface area contributed by atoms with Gasteiger partial charge in [0.15, 0.2) is 17.3 Å². The summed E-state index contributed by atoms with van der Waals surface area (Å²) in [6.45, 7) is 2.98. The van der Waals surface area contributed by atoms with Crippen LogP contribution in [0.4, 0.5) is 0 Å². The second-order valence-corrected chi connectivity index (χ2v) is 5.50. The van der Waals surface area contributed by atoms with Crippen molar-refractivity contribution in [2.24, 2.45) is 0 Å². The van der Waals surface area contributed by atoms with E-state index in [1.807, 2.05) is 37.3 Å². The maximum Gasteiger partial charge on any atom is 0.278 e. The van der Waals surface area contributed by atoms with E-state index in [0.717, 1.165) is 17.2 Å². The highest BCUT2D eigenvalue weighted by molar-refractivity contribution is 5.91. The summed E-state index contributed by atoms with van der Waals surface area (Å²) in [6.07, 6.45) is 1.32. The average molecular weight is 310 g/mol. The Bertz CT molecular complexity index is 827. The summed E-state index contributed by atoms with van der Waals surface area (Å²) in [6, 6.07) is 9.97. The monoisotopic (exact) mass is 310 g/mol. The Balaban J connectivity index is 1.66. The number of benzene rings is 1. The van der Waals surface area contributed by atoms with Crippen molar-refractivity contribution in [1.29, 1.82) is 0 Å². The highest BCUT2D eigenvalue weighted by Gasteiger charge is 2.31. The van der Waals surface area contributed by atoms with E-state index in [0.29, 0.717) is 13.1 Å². The number of carbonyl (C=O) groups is 1. The van der Waals surface area contributed by atoms with Crippen molar-refractivity contribution in [3.63, 3.8) is 0 Å². The molecule has 1 aliphatic rings. The second kappa shape index (κ2) is 5.31. The molecule has 4 rings (SSSR count). The Morgan fingerprint density at radius 3 is 2.83 bits per heavy atom. The molecular weight excluding hydrogens is 296 g/mol. The maximum atomic E-state index is 12.4.